The Labute approximate surface area is 198 Å². The van der Waals surface area contributed by atoms with Crippen molar-refractivity contribution in [2.45, 2.75) is 29.0 Å². The molecule has 1 amide bonds. The van der Waals surface area contributed by atoms with Crippen molar-refractivity contribution in [3.05, 3.63) is 94.5 Å². The van der Waals surface area contributed by atoms with Crippen LogP contribution >= 0.6 is 22.6 Å². The monoisotopic (exact) mass is 547 g/mol. The quantitative estimate of drug-likeness (QED) is 0.349. The van der Waals surface area contributed by atoms with Crippen LogP contribution in [0.1, 0.15) is 22.1 Å². The molecule has 32 heavy (non-hydrogen) atoms. The molecule has 166 valence electrons. The van der Waals surface area contributed by atoms with Gasteiger partial charge in [0.1, 0.15) is 11.9 Å². The van der Waals surface area contributed by atoms with E-state index in [0.717, 1.165) is 5.56 Å². The van der Waals surface area contributed by atoms with Gasteiger partial charge in [-0.2, -0.15) is 4.98 Å². The van der Waals surface area contributed by atoms with Crippen molar-refractivity contribution in [1.29, 1.82) is 0 Å². The van der Waals surface area contributed by atoms with Gasteiger partial charge in [0, 0.05) is 11.8 Å². The van der Waals surface area contributed by atoms with Gasteiger partial charge in [-0.15, -0.1) is 0 Å². The average molecular weight is 547 g/mol. The van der Waals surface area contributed by atoms with Gasteiger partial charge in [-0.25, -0.2) is 4.79 Å². The second-order valence-corrected chi connectivity index (χ2v) is 8.76. The van der Waals surface area contributed by atoms with Gasteiger partial charge in [0.05, 0.1) is 23.2 Å². The Hall–Kier alpha value is -2.60. The average Bonchev–Trinajstić information content (AvgIpc) is 3.09. The maximum absolute atomic E-state index is 12.6. The van der Waals surface area contributed by atoms with Crippen LogP contribution in [-0.2, 0) is 16.1 Å². The number of aromatic nitrogens is 2. The number of halogens is 1. The highest BCUT2D eigenvalue weighted by Gasteiger charge is 2.43. The minimum atomic E-state index is -0.805. The lowest BCUT2D eigenvalue weighted by molar-refractivity contribution is -0.0665. The molecule has 0 bridgehead atoms. The molecule has 0 aliphatic carbocycles. The van der Waals surface area contributed by atoms with Crippen LogP contribution in [0.25, 0.3) is 0 Å². The number of nitrogens with one attached hydrogen (secondary N) is 1. The van der Waals surface area contributed by atoms with Crippen molar-refractivity contribution in [1.82, 2.24) is 9.55 Å². The lowest BCUT2D eigenvalue weighted by atomic mass is 10.2. The zero-order chi connectivity index (χ0) is 22.5. The fourth-order valence-corrected chi connectivity index (χ4v) is 4.37. The standard InChI is InChI=1S/C23H22IN3O5/c24-19-20(28)17(14-31-13-15-7-3-1-4-8-15)32-22(19)27-12-11-18(26-23(27)30)25-21(29)16-9-5-2-6-10-16/h1-12,17,19-20,22,28H,13-14H2,(H,25,26,29,30)/t17-,19+,20-,22-/m1/s1. The minimum absolute atomic E-state index is 0.145. The van der Waals surface area contributed by atoms with Gasteiger partial charge in [-0.3, -0.25) is 9.36 Å². The number of benzene rings is 2. The Morgan fingerprint density at radius 1 is 1.12 bits per heavy atom. The maximum atomic E-state index is 12.6. The first-order valence-corrected chi connectivity index (χ1v) is 11.3. The number of carbonyl (C=O) groups is 1. The van der Waals surface area contributed by atoms with E-state index in [1.54, 1.807) is 24.3 Å². The third kappa shape index (κ3) is 5.23. The highest BCUT2D eigenvalue weighted by Crippen LogP contribution is 2.34. The summed E-state index contributed by atoms with van der Waals surface area (Å²) in [5.74, 6) is -0.211. The third-order valence-electron chi connectivity index (χ3n) is 5.07. The number of anilines is 1. The second kappa shape index (κ2) is 10.3. The number of ether oxygens (including phenoxy) is 2. The number of hydrogen-bond acceptors (Lipinski definition) is 6. The van der Waals surface area contributed by atoms with E-state index in [1.165, 1.54) is 16.8 Å². The smallest absolute Gasteiger partial charge is 0.351 e. The van der Waals surface area contributed by atoms with Gasteiger partial charge in [0.25, 0.3) is 5.91 Å². The summed E-state index contributed by atoms with van der Waals surface area (Å²) in [7, 11) is 0. The van der Waals surface area contributed by atoms with E-state index in [4.69, 9.17) is 9.47 Å². The van der Waals surface area contributed by atoms with Crippen LogP contribution in [0.4, 0.5) is 5.82 Å². The minimum Gasteiger partial charge on any atom is -0.389 e. The molecule has 0 saturated carbocycles. The van der Waals surface area contributed by atoms with Crippen LogP contribution in [0, 0.1) is 0 Å². The van der Waals surface area contributed by atoms with E-state index >= 15 is 0 Å². The molecule has 1 aliphatic rings. The Bertz CT molecular complexity index is 1110. The Morgan fingerprint density at radius 3 is 2.50 bits per heavy atom. The van der Waals surface area contributed by atoms with Crippen LogP contribution < -0.4 is 11.0 Å². The van der Waals surface area contributed by atoms with E-state index in [0.29, 0.717) is 12.2 Å². The number of amides is 1. The molecule has 1 saturated heterocycles. The number of alkyl halides is 1. The summed E-state index contributed by atoms with van der Waals surface area (Å²) in [4.78, 5) is 28.8. The van der Waals surface area contributed by atoms with Crippen molar-refractivity contribution in [2.24, 2.45) is 0 Å². The molecule has 4 rings (SSSR count). The number of nitrogens with zero attached hydrogens (tertiary/aromatic N) is 2. The zero-order valence-electron chi connectivity index (χ0n) is 17.0. The van der Waals surface area contributed by atoms with Crippen LogP contribution in [0.5, 0.6) is 0 Å². The molecule has 9 heteroatoms. The van der Waals surface area contributed by atoms with E-state index < -0.39 is 24.1 Å². The molecule has 4 atom stereocenters. The first kappa shape index (κ1) is 22.6. The Morgan fingerprint density at radius 2 is 1.81 bits per heavy atom. The topological polar surface area (TPSA) is 103 Å². The normalized spacial score (nSPS) is 22.6. The highest BCUT2D eigenvalue weighted by atomic mass is 127. The van der Waals surface area contributed by atoms with Crippen molar-refractivity contribution >= 4 is 34.3 Å². The molecule has 8 nitrogen and oxygen atoms in total. The summed E-state index contributed by atoms with van der Waals surface area (Å²) in [5, 5.41) is 13.2. The second-order valence-electron chi connectivity index (χ2n) is 7.32. The molecular formula is C23H22IN3O5. The summed E-state index contributed by atoms with van der Waals surface area (Å²) >= 11 is 2.07. The predicted octanol–water partition coefficient (Wildman–Crippen LogP) is 2.77. The van der Waals surface area contributed by atoms with E-state index in [1.807, 2.05) is 36.4 Å². The fraction of sp³-hybridized carbons (Fsp3) is 0.261. The summed E-state index contributed by atoms with van der Waals surface area (Å²) in [6.07, 6.45) is -0.572. The number of aliphatic hydroxyl groups excluding tert-OH is 1. The lowest BCUT2D eigenvalue weighted by Gasteiger charge is -2.17. The molecule has 0 radical (unpaired) electrons. The number of aliphatic hydroxyl groups is 1. The third-order valence-corrected chi connectivity index (χ3v) is 6.42. The number of hydrogen-bond donors (Lipinski definition) is 2. The predicted molar refractivity (Wildman–Crippen MR) is 127 cm³/mol. The lowest BCUT2D eigenvalue weighted by Crippen LogP contribution is -2.33. The maximum Gasteiger partial charge on any atom is 0.351 e. The Kier molecular flexibility index (Phi) is 7.30. The highest BCUT2D eigenvalue weighted by molar-refractivity contribution is 14.1. The van der Waals surface area contributed by atoms with Crippen molar-refractivity contribution in [3.8, 4) is 0 Å². The van der Waals surface area contributed by atoms with Crippen LogP contribution in [0.3, 0.4) is 0 Å². The zero-order valence-corrected chi connectivity index (χ0v) is 19.2. The van der Waals surface area contributed by atoms with Crippen molar-refractivity contribution in [2.75, 3.05) is 11.9 Å². The number of carbonyl (C=O) groups excluding carboxylic acids is 1. The summed E-state index contributed by atoms with van der Waals surface area (Å²) < 4.78 is 12.6. The molecule has 1 aromatic heterocycles. The first-order valence-electron chi connectivity index (χ1n) is 10.1. The molecule has 2 N–H and O–H groups in total. The Balaban J connectivity index is 1.39. The number of rotatable bonds is 7. The van der Waals surface area contributed by atoms with E-state index in [9.17, 15) is 14.7 Å². The van der Waals surface area contributed by atoms with Gasteiger partial charge in [-0.05, 0) is 23.8 Å². The molecule has 2 aromatic carbocycles. The van der Waals surface area contributed by atoms with Crippen molar-refractivity contribution < 1.29 is 19.4 Å². The van der Waals surface area contributed by atoms with E-state index in [2.05, 4.69) is 32.9 Å². The van der Waals surface area contributed by atoms with Crippen molar-refractivity contribution in [3.63, 3.8) is 0 Å². The molecule has 3 aromatic rings. The van der Waals surface area contributed by atoms with Gasteiger partial charge < -0.3 is 19.9 Å². The van der Waals surface area contributed by atoms with Gasteiger partial charge >= 0.3 is 5.69 Å². The molecule has 0 unspecified atom stereocenters. The van der Waals surface area contributed by atoms with Gasteiger partial charge in [0.15, 0.2) is 6.23 Å². The largest absolute Gasteiger partial charge is 0.389 e. The molecule has 2 heterocycles. The molecule has 1 aliphatic heterocycles. The molecular weight excluding hydrogens is 525 g/mol. The van der Waals surface area contributed by atoms with Crippen LogP contribution in [0.2, 0.25) is 0 Å². The van der Waals surface area contributed by atoms with Gasteiger partial charge in [0.2, 0.25) is 0 Å². The van der Waals surface area contributed by atoms with Gasteiger partial charge in [-0.1, -0.05) is 71.1 Å². The first-order chi connectivity index (χ1) is 15.5. The van der Waals surface area contributed by atoms with Crippen LogP contribution in [0.15, 0.2) is 77.7 Å². The molecule has 1 fully saturated rings. The summed E-state index contributed by atoms with van der Waals surface area (Å²) in [6, 6.07) is 19.9. The fourth-order valence-electron chi connectivity index (χ4n) is 3.39. The summed E-state index contributed by atoms with van der Waals surface area (Å²) in [6.45, 7) is 0.598. The SMILES string of the molecule is O=C(Nc1ccn([C@@H]2O[C@H](COCc3ccccc3)[C@@H](O)[C@@H]2I)c(=O)n1)c1ccccc1. The summed E-state index contributed by atoms with van der Waals surface area (Å²) in [5.41, 5.74) is 0.906. The molecule has 0 spiro atoms. The van der Waals surface area contributed by atoms with E-state index in [-0.39, 0.29) is 22.3 Å². The van der Waals surface area contributed by atoms with Crippen LogP contribution in [-0.4, -0.2) is 43.3 Å².